The van der Waals surface area contributed by atoms with Crippen molar-refractivity contribution < 1.29 is 0 Å². The highest BCUT2D eigenvalue weighted by Gasteiger charge is 2.44. The topological polar surface area (TPSA) is 23.9 Å². The fourth-order valence-electron chi connectivity index (χ4n) is 3.19. The molecular weight excluding hydrogens is 170 g/mol. The molecule has 1 nitrogen and oxygen atoms in total. The van der Waals surface area contributed by atoms with Gasteiger partial charge in [0.15, 0.2) is 0 Å². The lowest BCUT2D eigenvalue weighted by Gasteiger charge is -2.24. The van der Waals surface area contributed by atoms with Gasteiger partial charge in [0, 0.05) is 17.5 Å². The van der Waals surface area contributed by atoms with Crippen LogP contribution < -0.4 is 0 Å². The molecule has 0 aromatic carbocycles. The normalized spacial score (nSPS) is 43.9. The molecule has 0 amide bonds. The van der Waals surface area contributed by atoms with Gasteiger partial charge in [-0.2, -0.15) is 0 Å². The van der Waals surface area contributed by atoms with E-state index in [-0.39, 0.29) is 0 Å². The van der Waals surface area contributed by atoms with Crippen molar-refractivity contribution in [2.75, 3.05) is 0 Å². The molecule has 3 aliphatic carbocycles. The Balaban J connectivity index is 2.01. The van der Waals surface area contributed by atoms with E-state index in [9.17, 15) is 0 Å². The van der Waals surface area contributed by atoms with Crippen molar-refractivity contribution in [3.05, 3.63) is 36.5 Å². The van der Waals surface area contributed by atoms with Crippen LogP contribution in [0, 0.1) is 29.1 Å². The molecule has 0 aliphatic heterocycles. The molecule has 1 N–H and O–H groups in total. The van der Waals surface area contributed by atoms with Gasteiger partial charge in [-0.25, -0.2) is 0 Å². The van der Waals surface area contributed by atoms with Gasteiger partial charge in [0.1, 0.15) is 0 Å². The molecule has 4 unspecified atom stereocenters. The van der Waals surface area contributed by atoms with Gasteiger partial charge < -0.3 is 5.41 Å². The van der Waals surface area contributed by atoms with Gasteiger partial charge >= 0.3 is 0 Å². The molecule has 3 aliphatic rings. The van der Waals surface area contributed by atoms with Gasteiger partial charge in [0.25, 0.3) is 0 Å². The van der Waals surface area contributed by atoms with Crippen LogP contribution in [0.3, 0.4) is 0 Å². The minimum atomic E-state index is 0.401. The van der Waals surface area contributed by atoms with Crippen LogP contribution >= 0.6 is 0 Å². The van der Waals surface area contributed by atoms with Crippen LogP contribution in [-0.2, 0) is 0 Å². The lowest BCUT2D eigenvalue weighted by molar-refractivity contribution is 0.351. The Bertz CT molecular complexity index is 348. The first-order valence-corrected chi connectivity index (χ1v) is 5.48. The summed E-state index contributed by atoms with van der Waals surface area (Å²) in [6.45, 7) is 0. The third-order valence-electron chi connectivity index (χ3n) is 3.86. The molecular formula is C13H15N. The second kappa shape index (κ2) is 2.94. The molecule has 72 valence electrons. The summed E-state index contributed by atoms with van der Waals surface area (Å²) < 4.78 is 0. The van der Waals surface area contributed by atoms with Crippen LogP contribution in [0.25, 0.3) is 0 Å². The van der Waals surface area contributed by atoms with Gasteiger partial charge in [-0.1, -0.05) is 36.5 Å². The van der Waals surface area contributed by atoms with E-state index in [1.165, 1.54) is 12.8 Å². The molecule has 1 fully saturated rings. The van der Waals surface area contributed by atoms with Crippen LogP contribution in [0.5, 0.6) is 0 Å². The third kappa shape index (κ3) is 0.985. The minimum absolute atomic E-state index is 0.401. The van der Waals surface area contributed by atoms with Gasteiger partial charge in [0.05, 0.1) is 0 Å². The lowest BCUT2D eigenvalue weighted by atomic mass is 9.80. The van der Waals surface area contributed by atoms with Gasteiger partial charge in [-0.05, 0) is 24.7 Å². The zero-order chi connectivity index (χ0) is 9.54. The zero-order valence-corrected chi connectivity index (χ0v) is 8.19. The monoisotopic (exact) mass is 185 g/mol. The summed E-state index contributed by atoms with van der Waals surface area (Å²) in [5.74, 6) is 2.16. The fourth-order valence-corrected chi connectivity index (χ4v) is 3.19. The molecule has 3 rings (SSSR count). The highest BCUT2D eigenvalue weighted by Crippen LogP contribution is 2.46. The molecule has 0 radical (unpaired) electrons. The first-order valence-electron chi connectivity index (χ1n) is 5.48. The van der Waals surface area contributed by atoms with Crippen LogP contribution in [0.15, 0.2) is 36.5 Å². The summed E-state index contributed by atoms with van der Waals surface area (Å²) in [4.78, 5) is 0. The highest BCUT2D eigenvalue weighted by atomic mass is 14.6. The van der Waals surface area contributed by atoms with Crippen LogP contribution in [-0.4, -0.2) is 5.71 Å². The largest absolute Gasteiger partial charge is 0.308 e. The Hall–Kier alpha value is -1.11. The highest BCUT2D eigenvalue weighted by molar-refractivity contribution is 5.92. The van der Waals surface area contributed by atoms with Gasteiger partial charge in [-0.15, -0.1) is 0 Å². The maximum atomic E-state index is 8.16. The van der Waals surface area contributed by atoms with E-state index in [4.69, 9.17) is 5.41 Å². The van der Waals surface area contributed by atoms with E-state index in [0.29, 0.717) is 23.7 Å². The molecule has 0 aromatic heterocycles. The Labute approximate surface area is 84.7 Å². The predicted molar refractivity (Wildman–Crippen MR) is 58.3 cm³/mol. The number of fused-ring (bicyclic) bond motifs is 3. The number of hydrogen-bond acceptors (Lipinski definition) is 1. The molecule has 1 heteroatoms. The summed E-state index contributed by atoms with van der Waals surface area (Å²) in [6.07, 6.45) is 15.7. The maximum absolute atomic E-state index is 8.16. The third-order valence-corrected chi connectivity index (χ3v) is 3.86. The lowest BCUT2D eigenvalue weighted by Crippen LogP contribution is -2.17. The molecule has 4 atom stereocenters. The number of rotatable bonds is 0. The van der Waals surface area contributed by atoms with Gasteiger partial charge in [-0.3, -0.25) is 0 Å². The van der Waals surface area contributed by atoms with E-state index in [1.807, 2.05) is 0 Å². The Morgan fingerprint density at radius 2 is 1.93 bits per heavy atom. The predicted octanol–water partition coefficient (Wildman–Crippen LogP) is 2.96. The molecule has 0 heterocycles. The Morgan fingerprint density at radius 3 is 2.86 bits per heavy atom. The van der Waals surface area contributed by atoms with Crippen molar-refractivity contribution in [2.24, 2.45) is 23.7 Å². The number of nitrogens with one attached hydrogen (secondary N) is 1. The minimum Gasteiger partial charge on any atom is -0.308 e. The molecule has 14 heavy (non-hydrogen) atoms. The van der Waals surface area contributed by atoms with Crippen LogP contribution in [0.1, 0.15) is 12.8 Å². The first-order chi connectivity index (χ1) is 6.88. The standard InChI is InChI=1S/C13H15N/c14-13-11-7-3-1-5-9(11)10-6-2-4-8-12(10)13/h1,3-5,7-12,14H,2,6H2. The van der Waals surface area contributed by atoms with E-state index in [2.05, 4.69) is 36.5 Å². The average molecular weight is 185 g/mol. The van der Waals surface area contributed by atoms with Crippen LogP contribution in [0.2, 0.25) is 0 Å². The van der Waals surface area contributed by atoms with Crippen molar-refractivity contribution in [3.63, 3.8) is 0 Å². The second-order valence-corrected chi connectivity index (χ2v) is 4.52. The van der Waals surface area contributed by atoms with Crippen LogP contribution in [0.4, 0.5) is 0 Å². The van der Waals surface area contributed by atoms with Crippen molar-refractivity contribution in [3.8, 4) is 0 Å². The van der Waals surface area contributed by atoms with Crippen molar-refractivity contribution >= 4 is 5.71 Å². The quantitative estimate of drug-likeness (QED) is 0.561. The molecule has 1 saturated carbocycles. The Morgan fingerprint density at radius 1 is 1.07 bits per heavy atom. The summed E-state index contributed by atoms with van der Waals surface area (Å²) >= 11 is 0. The SMILES string of the molecule is N=C1C2C=CC=CC2C2CCC=CC12. The van der Waals surface area contributed by atoms with Crippen molar-refractivity contribution in [1.29, 1.82) is 5.41 Å². The number of hydrogen-bond donors (Lipinski definition) is 1. The van der Waals surface area contributed by atoms with E-state index in [1.54, 1.807) is 0 Å². The number of allylic oxidation sites excluding steroid dienone is 6. The fraction of sp³-hybridized carbons (Fsp3) is 0.462. The van der Waals surface area contributed by atoms with E-state index < -0.39 is 0 Å². The second-order valence-electron chi connectivity index (χ2n) is 4.52. The van der Waals surface area contributed by atoms with Crippen molar-refractivity contribution in [1.82, 2.24) is 0 Å². The summed E-state index contributed by atoms with van der Waals surface area (Å²) in [5, 5.41) is 8.16. The molecule has 0 spiro atoms. The zero-order valence-electron chi connectivity index (χ0n) is 8.19. The van der Waals surface area contributed by atoms with Crippen molar-refractivity contribution in [2.45, 2.75) is 12.8 Å². The molecule has 0 saturated heterocycles. The first kappa shape index (κ1) is 8.22. The maximum Gasteiger partial charge on any atom is 0.0235 e. The summed E-state index contributed by atoms with van der Waals surface area (Å²) in [5.41, 5.74) is 0.941. The summed E-state index contributed by atoms with van der Waals surface area (Å²) in [6, 6.07) is 0. The van der Waals surface area contributed by atoms with Gasteiger partial charge in [0.2, 0.25) is 0 Å². The van der Waals surface area contributed by atoms with E-state index >= 15 is 0 Å². The molecule has 0 bridgehead atoms. The Kier molecular flexibility index (Phi) is 1.73. The smallest absolute Gasteiger partial charge is 0.0235 e. The average Bonchev–Trinajstić information content (AvgIpc) is 2.55. The molecule has 0 aromatic rings. The van der Waals surface area contributed by atoms with E-state index in [0.717, 1.165) is 5.71 Å². The summed E-state index contributed by atoms with van der Waals surface area (Å²) in [7, 11) is 0.